The van der Waals surface area contributed by atoms with Gasteiger partial charge in [-0.3, -0.25) is 24.0 Å². The van der Waals surface area contributed by atoms with E-state index >= 15 is 0 Å². The summed E-state index contributed by atoms with van der Waals surface area (Å²) in [6.45, 7) is 15.6. The summed E-state index contributed by atoms with van der Waals surface area (Å²) < 4.78 is 23.0. The van der Waals surface area contributed by atoms with E-state index in [-0.39, 0.29) is 17.6 Å². The highest BCUT2D eigenvalue weighted by Crippen LogP contribution is 2.49. The van der Waals surface area contributed by atoms with E-state index in [1.807, 2.05) is 0 Å². The molecule has 1 N–H and O–H groups in total. The second-order valence-corrected chi connectivity index (χ2v) is 13.1. The molecule has 0 amide bonds. The minimum atomic E-state index is -2.25. The quantitative estimate of drug-likeness (QED) is 0.272. The van der Waals surface area contributed by atoms with Gasteiger partial charge in [-0.15, -0.1) is 0 Å². The SMILES string of the molecule is C=C1[C@H](OC(C)=O)[C@H]2[C@@H](OC(=O)c3ccccc3)[C@@H](C)C[C@]2(O)C(=O)[C@@H](C)C=CC(C)(C)C(=O)[C@H](OC(C)=O)[C@H]1OC(=O)C(C)C. The summed E-state index contributed by atoms with van der Waals surface area (Å²) in [5.74, 6) is -8.38. The van der Waals surface area contributed by atoms with Crippen LogP contribution in [0.2, 0.25) is 0 Å². The van der Waals surface area contributed by atoms with Crippen LogP contribution in [0.1, 0.15) is 72.2 Å². The maximum Gasteiger partial charge on any atom is 0.338 e. The molecule has 8 atom stereocenters. The number of Topliss-reactive ketones (excluding diaryl/α,β-unsaturated/α-hetero) is 2. The summed E-state index contributed by atoms with van der Waals surface area (Å²) >= 11 is 0. The van der Waals surface area contributed by atoms with Crippen LogP contribution >= 0.6 is 0 Å². The van der Waals surface area contributed by atoms with E-state index in [1.165, 1.54) is 38.1 Å². The molecule has 2 aliphatic carbocycles. The maximum absolute atomic E-state index is 14.1. The number of hydrogen-bond acceptors (Lipinski definition) is 11. The molecule has 0 heterocycles. The van der Waals surface area contributed by atoms with Gasteiger partial charge in [0.05, 0.1) is 17.4 Å². The fourth-order valence-corrected chi connectivity index (χ4v) is 6.07. The van der Waals surface area contributed by atoms with Crippen LogP contribution in [0.3, 0.4) is 0 Å². The van der Waals surface area contributed by atoms with Crippen LogP contribution in [-0.4, -0.2) is 70.6 Å². The van der Waals surface area contributed by atoms with Crippen molar-refractivity contribution in [3.05, 3.63) is 60.2 Å². The minimum Gasteiger partial charge on any atom is -0.458 e. The number of fused-ring (bicyclic) bond motifs is 1. The average Bonchev–Trinajstić information content (AvgIpc) is 3.23. The number of ketones is 2. The lowest BCUT2D eigenvalue weighted by Crippen LogP contribution is -2.57. The molecule has 250 valence electrons. The molecule has 0 radical (unpaired) electrons. The number of rotatable bonds is 6. The molecule has 1 aromatic carbocycles. The fourth-order valence-electron chi connectivity index (χ4n) is 6.07. The number of carbonyl (C=O) groups is 6. The number of ether oxygens (including phenoxy) is 4. The first-order chi connectivity index (χ1) is 21.3. The zero-order valence-electron chi connectivity index (χ0n) is 27.6. The van der Waals surface area contributed by atoms with Crippen molar-refractivity contribution in [2.75, 3.05) is 0 Å². The Bertz CT molecular complexity index is 1410. The zero-order chi connectivity index (χ0) is 34.7. The van der Waals surface area contributed by atoms with Crippen LogP contribution in [0.15, 0.2) is 54.6 Å². The predicted molar refractivity (Wildman–Crippen MR) is 165 cm³/mol. The molecule has 3 rings (SSSR count). The number of carbonyl (C=O) groups excluding carboxylic acids is 6. The monoisotopic (exact) mass is 640 g/mol. The van der Waals surface area contributed by atoms with Crippen molar-refractivity contribution in [1.29, 1.82) is 0 Å². The molecular formula is C35H44O11. The summed E-state index contributed by atoms with van der Waals surface area (Å²) in [5.41, 5.74) is -3.66. The molecule has 46 heavy (non-hydrogen) atoms. The van der Waals surface area contributed by atoms with Gasteiger partial charge in [0.15, 0.2) is 17.7 Å². The van der Waals surface area contributed by atoms with Crippen molar-refractivity contribution in [3.63, 3.8) is 0 Å². The van der Waals surface area contributed by atoms with Gasteiger partial charge in [0.1, 0.15) is 17.8 Å². The van der Waals surface area contributed by atoms with Gasteiger partial charge in [-0.05, 0) is 38.3 Å². The Morgan fingerprint density at radius 2 is 1.43 bits per heavy atom. The van der Waals surface area contributed by atoms with Crippen molar-refractivity contribution < 1.29 is 52.8 Å². The van der Waals surface area contributed by atoms with Crippen molar-refractivity contribution in [2.45, 2.75) is 91.8 Å². The van der Waals surface area contributed by atoms with Gasteiger partial charge in [-0.25, -0.2) is 4.79 Å². The van der Waals surface area contributed by atoms with Crippen LogP contribution in [0.5, 0.6) is 0 Å². The molecule has 0 bridgehead atoms. The molecule has 0 aliphatic heterocycles. The molecule has 1 aromatic rings. The lowest BCUT2D eigenvalue weighted by Gasteiger charge is -2.41. The van der Waals surface area contributed by atoms with Crippen molar-refractivity contribution in [1.82, 2.24) is 0 Å². The third-order valence-electron chi connectivity index (χ3n) is 8.52. The Morgan fingerprint density at radius 3 is 1.98 bits per heavy atom. The first-order valence-electron chi connectivity index (χ1n) is 15.3. The lowest BCUT2D eigenvalue weighted by atomic mass is 9.72. The second-order valence-electron chi connectivity index (χ2n) is 13.1. The molecular weight excluding hydrogens is 596 g/mol. The number of aliphatic hydroxyl groups is 1. The van der Waals surface area contributed by atoms with Gasteiger partial charge in [-0.2, -0.15) is 0 Å². The smallest absolute Gasteiger partial charge is 0.338 e. The van der Waals surface area contributed by atoms with Gasteiger partial charge in [0.2, 0.25) is 6.10 Å². The summed E-state index contributed by atoms with van der Waals surface area (Å²) in [7, 11) is 0. The summed E-state index contributed by atoms with van der Waals surface area (Å²) in [5, 5.41) is 12.3. The van der Waals surface area contributed by atoms with E-state index in [9.17, 15) is 33.9 Å². The topological polar surface area (TPSA) is 160 Å². The van der Waals surface area contributed by atoms with E-state index in [0.29, 0.717) is 0 Å². The van der Waals surface area contributed by atoms with E-state index < -0.39 is 94.5 Å². The van der Waals surface area contributed by atoms with Gasteiger partial charge in [0, 0.05) is 30.8 Å². The lowest BCUT2D eigenvalue weighted by molar-refractivity contribution is -0.176. The molecule has 0 unspecified atom stereocenters. The Labute approximate surface area is 269 Å². The Morgan fingerprint density at radius 1 is 0.870 bits per heavy atom. The Hall–Kier alpha value is -4.12. The largest absolute Gasteiger partial charge is 0.458 e. The normalized spacial score (nSPS) is 31.3. The van der Waals surface area contributed by atoms with Gasteiger partial charge in [-0.1, -0.05) is 64.6 Å². The van der Waals surface area contributed by atoms with Crippen molar-refractivity contribution in [3.8, 4) is 0 Å². The number of benzene rings is 1. The Balaban J connectivity index is 2.34. The zero-order valence-corrected chi connectivity index (χ0v) is 27.6. The highest BCUT2D eigenvalue weighted by atomic mass is 16.6. The third-order valence-corrected chi connectivity index (χ3v) is 8.52. The number of allylic oxidation sites excluding steroid dienone is 2. The van der Waals surface area contributed by atoms with E-state index in [4.69, 9.17) is 18.9 Å². The first kappa shape index (κ1) is 36.3. The molecule has 0 saturated heterocycles. The molecule has 1 fully saturated rings. The van der Waals surface area contributed by atoms with Gasteiger partial charge in [0.25, 0.3) is 0 Å². The minimum absolute atomic E-state index is 0.182. The van der Waals surface area contributed by atoms with Crippen molar-refractivity contribution >= 4 is 35.4 Å². The van der Waals surface area contributed by atoms with Crippen LogP contribution in [-0.2, 0) is 42.9 Å². The van der Waals surface area contributed by atoms with Crippen LogP contribution in [0.4, 0.5) is 0 Å². The fraction of sp³-hybridized carbons (Fsp3) is 0.543. The first-order valence-corrected chi connectivity index (χ1v) is 15.3. The van der Waals surface area contributed by atoms with E-state index in [0.717, 1.165) is 13.8 Å². The highest BCUT2D eigenvalue weighted by Gasteiger charge is 2.63. The third kappa shape index (κ3) is 7.63. The summed E-state index contributed by atoms with van der Waals surface area (Å²) in [4.78, 5) is 79.6. The number of esters is 4. The van der Waals surface area contributed by atoms with E-state index in [2.05, 4.69) is 6.58 Å². The summed E-state index contributed by atoms with van der Waals surface area (Å²) in [6.07, 6.45) is -3.61. The molecule has 2 aliphatic rings. The number of hydrogen-bond donors (Lipinski definition) is 1. The Kier molecular flexibility index (Phi) is 11.2. The van der Waals surface area contributed by atoms with E-state index in [1.54, 1.807) is 45.9 Å². The standard InChI is InChI=1S/C35H44O11/c1-18(2)32(40)46-28-21(5)27(43-22(6)36)25-26(45-33(41)24-13-11-10-12-14-24)20(4)17-35(25,42)30(38)19(3)15-16-34(8,9)31(39)29(28)44-23(7)37/h10-16,18-20,25-29,42H,5,17H2,1-4,6-9H3/t19-,20-,25+,26-,27-,28-,29+,35+/m0/s1. The van der Waals surface area contributed by atoms with Crippen LogP contribution < -0.4 is 0 Å². The highest BCUT2D eigenvalue weighted by molar-refractivity contribution is 5.95. The predicted octanol–water partition coefficient (Wildman–Crippen LogP) is 3.96. The second kappa shape index (κ2) is 14.1. The molecule has 0 spiro atoms. The molecule has 1 saturated carbocycles. The molecule has 11 nitrogen and oxygen atoms in total. The summed E-state index contributed by atoms with van der Waals surface area (Å²) in [6, 6.07) is 8.07. The van der Waals surface area contributed by atoms with Gasteiger partial charge >= 0.3 is 23.9 Å². The molecule has 11 heteroatoms. The van der Waals surface area contributed by atoms with Crippen LogP contribution in [0, 0.1) is 29.1 Å². The maximum atomic E-state index is 14.1. The molecule has 0 aromatic heterocycles. The van der Waals surface area contributed by atoms with Gasteiger partial charge < -0.3 is 24.1 Å². The average molecular weight is 641 g/mol. The van der Waals surface area contributed by atoms with Crippen molar-refractivity contribution in [2.24, 2.45) is 29.1 Å². The van der Waals surface area contributed by atoms with Crippen LogP contribution in [0.25, 0.3) is 0 Å².